The Bertz CT molecular complexity index is 1250. The van der Waals surface area contributed by atoms with E-state index in [0.717, 1.165) is 44.9 Å². The predicted molar refractivity (Wildman–Crippen MR) is 131 cm³/mol. The van der Waals surface area contributed by atoms with Gasteiger partial charge in [-0.1, -0.05) is 48.5 Å². The van der Waals surface area contributed by atoms with E-state index in [1.807, 2.05) is 80.8 Å². The van der Waals surface area contributed by atoms with Crippen LogP contribution in [0.4, 0.5) is 5.69 Å². The quantitative estimate of drug-likeness (QED) is 0.311. The number of rotatable bonds is 6. The third kappa shape index (κ3) is 4.95. The van der Waals surface area contributed by atoms with Crippen LogP contribution in [0.2, 0.25) is 0 Å². The van der Waals surface area contributed by atoms with Crippen LogP contribution in [0.3, 0.4) is 0 Å². The van der Waals surface area contributed by atoms with Crippen molar-refractivity contribution in [3.05, 3.63) is 114 Å². The van der Waals surface area contributed by atoms with Gasteiger partial charge in [0.1, 0.15) is 5.84 Å². The number of benzene rings is 2. The summed E-state index contributed by atoms with van der Waals surface area (Å²) in [5.41, 5.74) is 7.28. The minimum Gasteiger partial charge on any atom is -0.364 e. The number of hydrogen-bond donors (Lipinski definition) is 2. The smallest absolute Gasteiger partial charge is 0.128 e. The van der Waals surface area contributed by atoms with Gasteiger partial charge in [0.25, 0.3) is 0 Å². The molecule has 4 aromatic rings. The number of hydrogen-bond acceptors (Lipinski definition) is 4. The van der Waals surface area contributed by atoms with Crippen molar-refractivity contribution < 1.29 is 0 Å². The Hall–Kier alpha value is -4.12. The lowest BCUT2D eigenvalue weighted by Crippen LogP contribution is -2.24. The Morgan fingerprint density at radius 2 is 1.78 bits per heavy atom. The molecule has 0 unspecified atom stereocenters. The van der Waals surface area contributed by atoms with Crippen LogP contribution >= 0.6 is 0 Å². The molecule has 2 N–H and O–H groups in total. The Morgan fingerprint density at radius 1 is 0.969 bits per heavy atom. The summed E-state index contributed by atoms with van der Waals surface area (Å²) in [6.45, 7) is 4.45. The van der Waals surface area contributed by atoms with E-state index in [4.69, 9.17) is 10.4 Å². The number of nitrogens with zero attached hydrogens (tertiary/aromatic N) is 3. The second-order valence-electron chi connectivity index (χ2n) is 7.56. The Kier molecular flexibility index (Phi) is 6.46. The summed E-state index contributed by atoms with van der Waals surface area (Å²) in [7, 11) is 0. The van der Waals surface area contributed by atoms with Crippen molar-refractivity contribution in [2.75, 3.05) is 0 Å². The predicted octanol–water partition coefficient (Wildman–Crippen LogP) is 5.71. The SMILES string of the molecule is C/C(=N\c1cccc(-c2ccccc2)c1C(=N)NCc1ccccn1)c1cncc(C)c1. The molecule has 32 heavy (non-hydrogen) atoms. The fraction of sp³-hybridized carbons (Fsp3) is 0.111. The van der Waals surface area contributed by atoms with Crippen molar-refractivity contribution in [1.82, 2.24) is 15.3 Å². The largest absolute Gasteiger partial charge is 0.364 e. The average Bonchev–Trinajstić information content (AvgIpc) is 2.83. The first-order valence-electron chi connectivity index (χ1n) is 10.5. The number of aliphatic imine (C=N–C) groups is 1. The number of aryl methyl sites for hydroxylation is 1. The highest BCUT2D eigenvalue weighted by atomic mass is 15.0. The molecule has 0 saturated heterocycles. The molecular formula is C27H25N5. The summed E-state index contributed by atoms with van der Waals surface area (Å²) in [5.74, 6) is 0.309. The molecule has 0 spiro atoms. The van der Waals surface area contributed by atoms with Gasteiger partial charge >= 0.3 is 0 Å². The molecule has 5 nitrogen and oxygen atoms in total. The van der Waals surface area contributed by atoms with Crippen molar-refractivity contribution in [3.63, 3.8) is 0 Å². The zero-order chi connectivity index (χ0) is 22.3. The van der Waals surface area contributed by atoms with E-state index in [9.17, 15) is 0 Å². The van der Waals surface area contributed by atoms with Gasteiger partial charge < -0.3 is 5.32 Å². The molecule has 0 aliphatic rings. The molecule has 0 bridgehead atoms. The van der Waals surface area contributed by atoms with E-state index in [2.05, 4.69) is 33.5 Å². The normalized spacial score (nSPS) is 11.2. The number of amidine groups is 1. The van der Waals surface area contributed by atoms with Crippen LogP contribution in [0.25, 0.3) is 11.1 Å². The van der Waals surface area contributed by atoms with Crippen LogP contribution in [0, 0.1) is 12.3 Å². The molecule has 0 aliphatic carbocycles. The van der Waals surface area contributed by atoms with Crippen LogP contribution in [-0.2, 0) is 6.54 Å². The van der Waals surface area contributed by atoms with Gasteiger partial charge in [0.15, 0.2) is 0 Å². The van der Waals surface area contributed by atoms with E-state index in [-0.39, 0.29) is 0 Å². The minimum absolute atomic E-state index is 0.309. The van der Waals surface area contributed by atoms with Crippen LogP contribution < -0.4 is 5.32 Å². The molecule has 158 valence electrons. The zero-order valence-corrected chi connectivity index (χ0v) is 18.2. The van der Waals surface area contributed by atoms with Crippen LogP contribution in [-0.4, -0.2) is 21.5 Å². The van der Waals surface area contributed by atoms with Crippen molar-refractivity contribution >= 4 is 17.2 Å². The van der Waals surface area contributed by atoms with Crippen molar-refractivity contribution in [1.29, 1.82) is 5.41 Å². The third-order valence-corrected chi connectivity index (χ3v) is 5.13. The summed E-state index contributed by atoms with van der Waals surface area (Å²) < 4.78 is 0. The standard InChI is InChI=1S/C27H25N5/c1-19-15-22(17-29-16-19)20(2)32-25-13-8-12-24(21-9-4-3-5-10-21)26(25)27(28)31-18-23-11-6-7-14-30-23/h3-17H,18H2,1-2H3,(H2,28,31)/b32-20+. The maximum Gasteiger partial charge on any atom is 0.128 e. The Balaban J connectivity index is 1.76. The van der Waals surface area contributed by atoms with Gasteiger partial charge in [-0.3, -0.25) is 20.4 Å². The van der Waals surface area contributed by atoms with Gasteiger partial charge in [-0.25, -0.2) is 0 Å². The molecular weight excluding hydrogens is 394 g/mol. The maximum absolute atomic E-state index is 8.87. The molecule has 5 heteroatoms. The van der Waals surface area contributed by atoms with Gasteiger partial charge in [0.2, 0.25) is 0 Å². The fourth-order valence-corrected chi connectivity index (χ4v) is 3.52. The monoisotopic (exact) mass is 419 g/mol. The topological polar surface area (TPSA) is 74.0 Å². The van der Waals surface area contributed by atoms with Crippen molar-refractivity contribution in [2.45, 2.75) is 20.4 Å². The summed E-state index contributed by atoms with van der Waals surface area (Å²) in [6.07, 6.45) is 5.40. The Morgan fingerprint density at radius 3 is 2.53 bits per heavy atom. The summed E-state index contributed by atoms with van der Waals surface area (Å²) in [4.78, 5) is 13.6. The lowest BCUT2D eigenvalue weighted by atomic mass is 9.97. The van der Waals surface area contributed by atoms with E-state index in [1.54, 1.807) is 6.20 Å². The molecule has 2 aromatic carbocycles. The second kappa shape index (κ2) is 9.79. The van der Waals surface area contributed by atoms with Gasteiger partial charge in [-0.05, 0) is 54.8 Å². The molecule has 0 saturated carbocycles. The summed E-state index contributed by atoms with van der Waals surface area (Å²) in [6, 6.07) is 23.9. The molecule has 2 aromatic heterocycles. The summed E-state index contributed by atoms with van der Waals surface area (Å²) >= 11 is 0. The van der Waals surface area contributed by atoms with E-state index < -0.39 is 0 Å². The fourth-order valence-electron chi connectivity index (χ4n) is 3.52. The van der Waals surface area contributed by atoms with E-state index in [0.29, 0.717) is 12.4 Å². The molecule has 0 radical (unpaired) electrons. The first-order valence-corrected chi connectivity index (χ1v) is 10.5. The highest BCUT2D eigenvalue weighted by Crippen LogP contribution is 2.31. The van der Waals surface area contributed by atoms with Crippen molar-refractivity contribution in [3.8, 4) is 11.1 Å². The lowest BCUT2D eigenvalue weighted by molar-refractivity contribution is 0.869. The molecule has 4 rings (SSSR count). The van der Waals surface area contributed by atoms with Gasteiger partial charge in [-0.2, -0.15) is 0 Å². The zero-order valence-electron chi connectivity index (χ0n) is 18.2. The van der Waals surface area contributed by atoms with Gasteiger partial charge in [-0.15, -0.1) is 0 Å². The lowest BCUT2D eigenvalue weighted by Gasteiger charge is -2.16. The summed E-state index contributed by atoms with van der Waals surface area (Å²) in [5, 5.41) is 12.1. The number of nitrogens with one attached hydrogen (secondary N) is 2. The molecule has 0 fully saturated rings. The van der Waals surface area contributed by atoms with Gasteiger partial charge in [0.05, 0.1) is 17.9 Å². The van der Waals surface area contributed by atoms with Crippen LogP contribution in [0.1, 0.15) is 29.3 Å². The van der Waals surface area contributed by atoms with Gasteiger partial charge in [0, 0.05) is 35.4 Å². The van der Waals surface area contributed by atoms with E-state index in [1.165, 1.54) is 0 Å². The first kappa shape index (κ1) is 21.1. The highest BCUT2D eigenvalue weighted by molar-refractivity contribution is 6.09. The minimum atomic E-state index is 0.309. The van der Waals surface area contributed by atoms with Crippen molar-refractivity contribution in [2.24, 2.45) is 4.99 Å². The average molecular weight is 420 g/mol. The first-order chi connectivity index (χ1) is 15.6. The third-order valence-electron chi connectivity index (χ3n) is 5.13. The second-order valence-corrected chi connectivity index (χ2v) is 7.56. The molecule has 0 amide bonds. The molecule has 2 heterocycles. The number of aromatic nitrogens is 2. The Labute approximate surface area is 188 Å². The van der Waals surface area contributed by atoms with Crippen LogP contribution in [0.5, 0.6) is 0 Å². The molecule has 0 atom stereocenters. The molecule has 0 aliphatic heterocycles. The number of pyridine rings is 2. The van der Waals surface area contributed by atoms with E-state index >= 15 is 0 Å². The van der Waals surface area contributed by atoms with Crippen LogP contribution in [0.15, 0.2) is 96.4 Å². The highest BCUT2D eigenvalue weighted by Gasteiger charge is 2.15. The maximum atomic E-state index is 8.87.